The van der Waals surface area contributed by atoms with Crippen LogP contribution in [0, 0.1) is 5.41 Å². The minimum Gasteiger partial charge on any atom is -0.481 e. The van der Waals surface area contributed by atoms with E-state index in [1.165, 1.54) is 0 Å². The number of carbonyl (C=O) groups is 2. The zero-order valence-corrected chi connectivity index (χ0v) is 13.0. The van der Waals surface area contributed by atoms with Gasteiger partial charge in [0.1, 0.15) is 0 Å². The number of hydrogen-bond acceptors (Lipinski definition) is 2. The number of hydrogen-bond donors (Lipinski definition) is 1. The maximum absolute atomic E-state index is 12.1. The van der Waals surface area contributed by atoms with Gasteiger partial charge in [0.25, 0.3) is 0 Å². The number of carboxylic acid groups (broad SMARTS) is 1. The lowest BCUT2D eigenvalue weighted by Gasteiger charge is -2.20. The Hall–Kier alpha value is -1.36. The van der Waals surface area contributed by atoms with E-state index < -0.39 is 11.4 Å². The molecule has 2 rings (SSSR count). The molecule has 1 aromatic carbocycles. The maximum atomic E-state index is 12.1. The van der Waals surface area contributed by atoms with E-state index in [1.54, 1.807) is 11.8 Å². The number of halogens is 1. The van der Waals surface area contributed by atoms with Crippen LogP contribution in [0.25, 0.3) is 0 Å². The molecule has 0 aromatic heterocycles. The summed E-state index contributed by atoms with van der Waals surface area (Å²) >= 11 is 3.41. The average Bonchev–Trinajstić information content (AvgIpc) is 2.80. The van der Waals surface area contributed by atoms with E-state index in [0.29, 0.717) is 32.4 Å². The first-order valence-electron chi connectivity index (χ1n) is 6.66. The van der Waals surface area contributed by atoms with Gasteiger partial charge < -0.3 is 10.0 Å². The smallest absolute Gasteiger partial charge is 0.311 e. The zero-order valence-electron chi connectivity index (χ0n) is 11.4. The second-order valence-corrected chi connectivity index (χ2v) is 6.48. The van der Waals surface area contributed by atoms with Crippen molar-refractivity contribution in [3.8, 4) is 0 Å². The summed E-state index contributed by atoms with van der Waals surface area (Å²) in [7, 11) is 0. The fourth-order valence-electron chi connectivity index (χ4n) is 2.45. The lowest BCUT2D eigenvalue weighted by Crippen LogP contribution is -2.34. The maximum Gasteiger partial charge on any atom is 0.311 e. The van der Waals surface area contributed by atoms with Gasteiger partial charge in [-0.05, 0) is 37.5 Å². The van der Waals surface area contributed by atoms with Crippen LogP contribution >= 0.6 is 15.9 Å². The van der Waals surface area contributed by atoms with Crippen molar-refractivity contribution in [2.24, 2.45) is 5.41 Å². The van der Waals surface area contributed by atoms with Crippen molar-refractivity contribution in [3.05, 3.63) is 34.3 Å². The third-order valence-corrected chi connectivity index (χ3v) is 4.35. The van der Waals surface area contributed by atoms with Crippen LogP contribution in [-0.2, 0) is 16.0 Å². The van der Waals surface area contributed by atoms with Crippen molar-refractivity contribution in [1.29, 1.82) is 0 Å². The molecular weight excluding hydrogens is 322 g/mol. The van der Waals surface area contributed by atoms with E-state index in [2.05, 4.69) is 15.9 Å². The molecule has 0 bridgehead atoms. The van der Waals surface area contributed by atoms with Gasteiger partial charge in [-0.15, -0.1) is 0 Å². The molecule has 0 aliphatic carbocycles. The van der Waals surface area contributed by atoms with Crippen LogP contribution in [0.1, 0.15) is 25.3 Å². The number of benzene rings is 1. The topological polar surface area (TPSA) is 57.6 Å². The molecular formula is C15H18BrNO3. The van der Waals surface area contributed by atoms with Crippen LogP contribution in [0.3, 0.4) is 0 Å². The van der Waals surface area contributed by atoms with Crippen LogP contribution in [0.4, 0.5) is 0 Å². The number of nitrogens with zero attached hydrogens (tertiary/aromatic N) is 1. The monoisotopic (exact) mass is 339 g/mol. The molecule has 1 unspecified atom stereocenters. The van der Waals surface area contributed by atoms with Crippen molar-refractivity contribution in [2.45, 2.75) is 26.2 Å². The third kappa shape index (κ3) is 3.39. The van der Waals surface area contributed by atoms with Gasteiger partial charge in [-0.3, -0.25) is 9.59 Å². The Labute approximate surface area is 126 Å². The molecule has 4 nitrogen and oxygen atoms in total. The molecule has 1 fully saturated rings. The fraction of sp³-hybridized carbons (Fsp3) is 0.467. The number of likely N-dealkylation sites (tertiary alicyclic amines) is 1. The summed E-state index contributed by atoms with van der Waals surface area (Å²) < 4.78 is 1.00. The van der Waals surface area contributed by atoms with Crippen molar-refractivity contribution >= 4 is 27.8 Å². The Morgan fingerprint density at radius 1 is 1.45 bits per heavy atom. The lowest BCUT2D eigenvalue weighted by atomic mass is 9.90. The lowest BCUT2D eigenvalue weighted by molar-refractivity contribution is -0.147. The summed E-state index contributed by atoms with van der Waals surface area (Å²) in [6.45, 7) is 2.57. The molecule has 1 aliphatic heterocycles. The van der Waals surface area contributed by atoms with E-state index in [4.69, 9.17) is 5.11 Å². The van der Waals surface area contributed by atoms with Gasteiger partial charge in [0.15, 0.2) is 0 Å². The summed E-state index contributed by atoms with van der Waals surface area (Å²) in [6.07, 6.45) is 1.63. The summed E-state index contributed by atoms with van der Waals surface area (Å²) in [6, 6.07) is 7.88. The van der Waals surface area contributed by atoms with Crippen molar-refractivity contribution < 1.29 is 14.7 Å². The largest absolute Gasteiger partial charge is 0.481 e. The summed E-state index contributed by atoms with van der Waals surface area (Å²) in [5.41, 5.74) is 0.318. The van der Waals surface area contributed by atoms with Crippen LogP contribution in [0.2, 0.25) is 0 Å². The highest BCUT2D eigenvalue weighted by molar-refractivity contribution is 9.10. The molecule has 0 spiro atoms. The van der Waals surface area contributed by atoms with Gasteiger partial charge in [0, 0.05) is 24.0 Å². The Kier molecular flexibility index (Phi) is 4.48. The highest BCUT2D eigenvalue weighted by Gasteiger charge is 2.41. The van der Waals surface area contributed by atoms with Gasteiger partial charge in [0.05, 0.1) is 5.41 Å². The van der Waals surface area contributed by atoms with Crippen molar-refractivity contribution in [2.75, 3.05) is 13.1 Å². The summed E-state index contributed by atoms with van der Waals surface area (Å²) in [5.74, 6) is -0.783. The van der Waals surface area contributed by atoms with E-state index >= 15 is 0 Å². The zero-order chi connectivity index (χ0) is 14.8. The number of aliphatic carboxylic acids is 1. The second-order valence-electron chi connectivity index (χ2n) is 5.56. The Morgan fingerprint density at radius 3 is 2.80 bits per heavy atom. The Morgan fingerprint density at radius 2 is 2.20 bits per heavy atom. The highest BCUT2D eigenvalue weighted by atomic mass is 79.9. The Bertz CT molecular complexity index is 532. The minimum atomic E-state index is -0.820. The quantitative estimate of drug-likeness (QED) is 0.917. The molecule has 0 saturated carbocycles. The van der Waals surface area contributed by atoms with E-state index in [-0.39, 0.29) is 5.91 Å². The van der Waals surface area contributed by atoms with Crippen LogP contribution in [0.5, 0.6) is 0 Å². The predicted octanol–water partition coefficient (Wildman–Crippen LogP) is 2.70. The van der Waals surface area contributed by atoms with Gasteiger partial charge >= 0.3 is 5.97 Å². The first kappa shape index (κ1) is 15.0. The standard InChI is InChI=1S/C15H18BrNO3/c1-15(14(19)20)7-8-17(10-15)13(18)6-5-11-3-2-4-12(16)9-11/h2-4,9H,5-8,10H2,1H3,(H,19,20). The molecule has 0 radical (unpaired) electrons. The van der Waals surface area contributed by atoms with Crippen LogP contribution < -0.4 is 0 Å². The van der Waals surface area contributed by atoms with Crippen LogP contribution in [0.15, 0.2) is 28.7 Å². The van der Waals surface area contributed by atoms with E-state index in [1.807, 2.05) is 24.3 Å². The van der Waals surface area contributed by atoms with Crippen LogP contribution in [-0.4, -0.2) is 35.0 Å². The molecule has 1 atom stereocenters. The van der Waals surface area contributed by atoms with Gasteiger partial charge in [-0.2, -0.15) is 0 Å². The molecule has 108 valence electrons. The van der Waals surface area contributed by atoms with Gasteiger partial charge in [0.2, 0.25) is 5.91 Å². The Balaban J connectivity index is 1.89. The average molecular weight is 340 g/mol. The fourth-order valence-corrected chi connectivity index (χ4v) is 2.90. The minimum absolute atomic E-state index is 0.0370. The number of carboxylic acids is 1. The molecule has 1 saturated heterocycles. The number of amides is 1. The number of aryl methyl sites for hydroxylation is 1. The molecule has 1 amide bonds. The SMILES string of the molecule is CC1(C(=O)O)CCN(C(=O)CCc2cccc(Br)c2)C1. The number of rotatable bonds is 4. The van der Waals surface area contributed by atoms with Crippen molar-refractivity contribution in [3.63, 3.8) is 0 Å². The van der Waals surface area contributed by atoms with E-state index in [0.717, 1.165) is 10.0 Å². The second kappa shape index (κ2) is 5.95. The van der Waals surface area contributed by atoms with E-state index in [9.17, 15) is 9.59 Å². The molecule has 1 N–H and O–H groups in total. The van der Waals surface area contributed by atoms with Gasteiger partial charge in [-0.1, -0.05) is 28.1 Å². The molecule has 5 heteroatoms. The molecule has 1 aromatic rings. The summed E-state index contributed by atoms with van der Waals surface area (Å²) in [4.78, 5) is 25.0. The first-order valence-corrected chi connectivity index (χ1v) is 7.46. The normalized spacial score (nSPS) is 22.0. The first-order chi connectivity index (χ1) is 9.40. The molecule has 1 heterocycles. The third-order valence-electron chi connectivity index (χ3n) is 3.86. The predicted molar refractivity (Wildman–Crippen MR) is 79.4 cm³/mol. The molecule has 1 aliphatic rings. The van der Waals surface area contributed by atoms with Gasteiger partial charge in [-0.25, -0.2) is 0 Å². The number of carbonyl (C=O) groups excluding carboxylic acids is 1. The molecule has 20 heavy (non-hydrogen) atoms. The summed E-state index contributed by atoms with van der Waals surface area (Å²) in [5, 5.41) is 9.17. The van der Waals surface area contributed by atoms with Crippen molar-refractivity contribution in [1.82, 2.24) is 4.90 Å². The highest BCUT2D eigenvalue weighted by Crippen LogP contribution is 2.30.